The van der Waals surface area contributed by atoms with E-state index >= 15 is 0 Å². The lowest BCUT2D eigenvalue weighted by molar-refractivity contribution is -0.151. The summed E-state index contributed by atoms with van der Waals surface area (Å²) in [6, 6.07) is 2.76. The van der Waals surface area contributed by atoms with Crippen molar-refractivity contribution >= 4 is 5.78 Å². The molecular formula is C25H36N4O2. The molecule has 4 aliphatic rings. The van der Waals surface area contributed by atoms with Gasteiger partial charge in [-0.25, -0.2) is 0 Å². The van der Waals surface area contributed by atoms with Gasteiger partial charge in [0.05, 0.1) is 23.9 Å². The molecule has 168 valence electrons. The van der Waals surface area contributed by atoms with Crippen molar-refractivity contribution in [3.63, 3.8) is 0 Å². The third-order valence-electron chi connectivity index (χ3n) is 9.19. The van der Waals surface area contributed by atoms with Gasteiger partial charge in [0.25, 0.3) is 0 Å². The number of carbonyl (C=O) groups excluding carboxylic acids is 1. The van der Waals surface area contributed by atoms with Gasteiger partial charge in [0.15, 0.2) is 5.78 Å². The van der Waals surface area contributed by atoms with Gasteiger partial charge in [-0.2, -0.15) is 10.4 Å². The van der Waals surface area contributed by atoms with Crippen molar-refractivity contribution in [3.05, 3.63) is 18.0 Å². The van der Waals surface area contributed by atoms with E-state index in [1.165, 1.54) is 25.5 Å². The summed E-state index contributed by atoms with van der Waals surface area (Å²) in [7, 11) is 0. The predicted molar refractivity (Wildman–Crippen MR) is 117 cm³/mol. The molecule has 0 radical (unpaired) electrons. The fourth-order valence-electron chi connectivity index (χ4n) is 8.02. The summed E-state index contributed by atoms with van der Waals surface area (Å²) in [5.41, 5.74) is -0.0848. The van der Waals surface area contributed by atoms with Crippen molar-refractivity contribution in [2.24, 2.45) is 29.6 Å². The van der Waals surface area contributed by atoms with Crippen LogP contribution >= 0.6 is 0 Å². The fraction of sp³-hybridized carbons (Fsp3) is 0.800. The van der Waals surface area contributed by atoms with Crippen molar-refractivity contribution in [1.29, 1.82) is 5.26 Å². The average Bonchev–Trinajstić information content (AvgIpc) is 3.34. The molecule has 0 amide bonds. The van der Waals surface area contributed by atoms with Crippen LogP contribution in [0.3, 0.4) is 0 Å². The van der Waals surface area contributed by atoms with Gasteiger partial charge in [-0.3, -0.25) is 14.4 Å². The number of aliphatic hydroxyl groups is 1. The van der Waals surface area contributed by atoms with Crippen LogP contribution in [0.2, 0.25) is 0 Å². The Labute approximate surface area is 185 Å². The zero-order valence-corrected chi connectivity index (χ0v) is 18.9. The molecule has 2 saturated carbocycles. The van der Waals surface area contributed by atoms with Crippen molar-refractivity contribution in [2.75, 3.05) is 6.54 Å². The van der Waals surface area contributed by atoms with Crippen LogP contribution in [0, 0.1) is 40.9 Å². The quantitative estimate of drug-likeness (QED) is 0.804. The smallest absolute Gasteiger partial charge is 0.158 e. The maximum absolute atomic E-state index is 13.4. The number of hydrogen-bond acceptors (Lipinski definition) is 5. The van der Waals surface area contributed by atoms with Crippen molar-refractivity contribution < 1.29 is 9.90 Å². The minimum Gasteiger partial charge on any atom is -0.390 e. The molecule has 6 nitrogen and oxygen atoms in total. The molecule has 0 spiro atoms. The first-order chi connectivity index (χ1) is 14.9. The number of Topliss-reactive ketones (excluding diaryl/α,β-unsaturated/α-hetero) is 1. The minimum atomic E-state index is -0.585. The first kappa shape index (κ1) is 21.2. The van der Waals surface area contributed by atoms with Crippen LogP contribution in [0.25, 0.3) is 0 Å². The number of ketones is 1. The maximum Gasteiger partial charge on any atom is 0.158 e. The molecule has 1 N–H and O–H groups in total. The Morgan fingerprint density at radius 2 is 2.13 bits per heavy atom. The molecule has 0 unspecified atom stereocenters. The number of rotatable bonds is 3. The van der Waals surface area contributed by atoms with E-state index in [2.05, 4.69) is 29.9 Å². The summed E-state index contributed by atoms with van der Waals surface area (Å²) >= 11 is 0. The van der Waals surface area contributed by atoms with E-state index in [1.54, 1.807) is 10.9 Å². The number of fused-ring (bicyclic) bond motifs is 5. The Morgan fingerprint density at radius 1 is 1.29 bits per heavy atom. The standard InChI is InChI=1S/C25H36N4O2/c1-16-10-21-19(23(30)15-28-14-17(12-26)13-27-28)6-3-4-9-29(21)22-11-25(2,31)20-8-5-7-18(20)24(16)22/h13-14,16,18-22,24,31H,3-11,15H2,1-2H3/t16-,18+,19-,20-,21-,22-,24-,25-/m0/s1. The van der Waals surface area contributed by atoms with Crippen LogP contribution in [0.4, 0.5) is 0 Å². The van der Waals surface area contributed by atoms with Crippen LogP contribution in [0.1, 0.15) is 70.8 Å². The first-order valence-electron chi connectivity index (χ1n) is 12.3. The van der Waals surface area contributed by atoms with E-state index < -0.39 is 5.60 Å². The highest BCUT2D eigenvalue weighted by Crippen LogP contribution is 2.56. The third-order valence-corrected chi connectivity index (χ3v) is 9.19. The van der Waals surface area contributed by atoms with Crippen LogP contribution < -0.4 is 0 Å². The van der Waals surface area contributed by atoms with Crippen molar-refractivity contribution in [3.8, 4) is 6.07 Å². The van der Waals surface area contributed by atoms with Crippen molar-refractivity contribution in [1.82, 2.24) is 14.7 Å². The summed E-state index contributed by atoms with van der Waals surface area (Å²) in [5, 5.41) is 24.7. The van der Waals surface area contributed by atoms with Crippen LogP contribution in [0.5, 0.6) is 0 Å². The zero-order chi connectivity index (χ0) is 21.8. The van der Waals surface area contributed by atoms with Crippen LogP contribution in [-0.2, 0) is 11.3 Å². The Bertz CT molecular complexity index is 871. The lowest BCUT2D eigenvalue weighted by Crippen LogP contribution is -2.64. The Kier molecular flexibility index (Phi) is 5.46. The monoisotopic (exact) mass is 424 g/mol. The minimum absolute atomic E-state index is 0.0203. The first-order valence-corrected chi connectivity index (χ1v) is 12.3. The molecule has 4 fully saturated rings. The van der Waals surface area contributed by atoms with E-state index in [9.17, 15) is 9.90 Å². The van der Waals surface area contributed by atoms with Crippen molar-refractivity contribution in [2.45, 2.75) is 89.4 Å². The molecule has 0 bridgehead atoms. The van der Waals surface area contributed by atoms with Gasteiger partial charge >= 0.3 is 0 Å². The molecule has 5 rings (SSSR count). The van der Waals surface area contributed by atoms with E-state index in [4.69, 9.17) is 5.26 Å². The molecule has 1 aromatic heterocycles. The summed E-state index contributed by atoms with van der Waals surface area (Å²) in [4.78, 5) is 16.1. The van der Waals surface area contributed by atoms with Gasteiger partial charge in [0.2, 0.25) is 0 Å². The predicted octanol–water partition coefficient (Wildman–Crippen LogP) is 3.39. The summed E-state index contributed by atoms with van der Waals surface area (Å²) in [6.07, 6.45) is 12.0. The molecular weight excluding hydrogens is 388 g/mol. The van der Waals surface area contributed by atoms with E-state index in [-0.39, 0.29) is 24.3 Å². The lowest BCUT2D eigenvalue weighted by atomic mass is 9.57. The number of nitriles is 1. The van der Waals surface area contributed by atoms with E-state index in [1.807, 2.05) is 0 Å². The second-order valence-electron chi connectivity index (χ2n) is 11.0. The molecule has 2 aliphatic heterocycles. The molecule has 1 aromatic rings. The largest absolute Gasteiger partial charge is 0.390 e. The molecule has 2 saturated heterocycles. The number of carbonyl (C=O) groups is 1. The highest BCUT2D eigenvalue weighted by atomic mass is 16.3. The van der Waals surface area contributed by atoms with E-state index in [0.29, 0.717) is 35.3 Å². The third kappa shape index (κ3) is 3.64. The zero-order valence-electron chi connectivity index (χ0n) is 18.9. The average molecular weight is 425 g/mol. The summed E-state index contributed by atoms with van der Waals surface area (Å²) in [5.74, 6) is 2.60. The number of piperidine rings is 1. The van der Waals surface area contributed by atoms with Gasteiger partial charge in [0.1, 0.15) is 6.07 Å². The Hall–Kier alpha value is -1.71. The molecule has 2 aliphatic carbocycles. The molecule has 8 atom stereocenters. The topological polar surface area (TPSA) is 82.2 Å². The highest BCUT2D eigenvalue weighted by Gasteiger charge is 2.57. The molecule has 6 heteroatoms. The summed E-state index contributed by atoms with van der Waals surface area (Å²) < 4.78 is 1.62. The number of hydrogen-bond donors (Lipinski definition) is 1. The van der Waals surface area contributed by atoms with Gasteiger partial charge in [-0.05, 0) is 75.7 Å². The maximum atomic E-state index is 13.4. The normalized spacial score (nSPS) is 42.7. The van der Waals surface area contributed by atoms with Gasteiger partial charge in [0, 0.05) is 24.2 Å². The highest BCUT2D eigenvalue weighted by molar-refractivity contribution is 5.81. The second-order valence-corrected chi connectivity index (χ2v) is 11.0. The second kappa shape index (κ2) is 8.01. The Balaban J connectivity index is 1.40. The van der Waals surface area contributed by atoms with E-state index in [0.717, 1.165) is 38.6 Å². The summed E-state index contributed by atoms with van der Waals surface area (Å²) in [6.45, 7) is 5.78. The molecule has 0 aromatic carbocycles. The van der Waals surface area contributed by atoms with Gasteiger partial charge in [-0.1, -0.05) is 19.8 Å². The molecule has 31 heavy (non-hydrogen) atoms. The van der Waals surface area contributed by atoms with Crippen LogP contribution in [0.15, 0.2) is 12.4 Å². The van der Waals surface area contributed by atoms with Gasteiger partial charge < -0.3 is 5.11 Å². The van der Waals surface area contributed by atoms with Crippen LogP contribution in [-0.4, -0.2) is 49.8 Å². The molecule has 3 heterocycles. The fourth-order valence-corrected chi connectivity index (χ4v) is 8.02. The lowest BCUT2D eigenvalue weighted by Gasteiger charge is -2.59. The van der Waals surface area contributed by atoms with Gasteiger partial charge in [-0.15, -0.1) is 0 Å². The number of aromatic nitrogens is 2. The number of nitrogens with zero attached hydrogens (tertiary/aromatic N) is 4. The Morgan fingerprint density at radius 3 is 2.90 bits per heavy atom. The SMILES string of the molecule is C[C@H]1C[C@H]2[C@@H](C(=O)Cn3cc(C#N)cn3)CCCCN2[C@H]2C[C@](C)(O)[C@H]3CCC[C@H]3[C@H]12.